The molecule has 0 unspecified atom stereocenters. The monoisotopic (exact) mass is 294 g/mol. The van der Waals surface area contributed by atoms with E-state index in [0.717, 1.165) is 43.0 Å². The molecule has 0 aliphatic heterocycles. The van der Waals surface area contributed by atoms with Crippen molar-refractivity contribution in [3.63, 3.8) is 0 Å². The fourth-order valence-electron chi connectivity index (χ4n) is 1.75. The Morgan fingerprint density at radius 3 is 2.62 bits per heavy atom. The summed E-state index contributed by atoms with van der Waals surface area (Å²) in [5.74, 6) is 0.901. The van der Waals surface area contributed by atoms with Crippen molar-refractivity contribution in [2.75, 3.05) is 19.8 Å². The van der Waals surface area contributed by atoms with Crippen LogP contribution < -0.4 is 10.1 Å². The Kier molecular flexibility index (Phi) is 7.68. The molecule has 0 atom stereocenters. The van der Waals surface area contributed by atoms with Gasteiger partial charge in [0, 0.05) is 42.2 Å². The third-order valence-corrected chi connectivity index (χ3v) is 3.02. The van der Waals surface area contributed by atoms with Crippen LogP contribution in [0.25, 0.3) is 0 Å². The zero-order chi connectivity index (χ0) is 15.7. The summed E-state index contributed by atoms with van der Waals surface area (Å²) in [7, 11) is 0. The van der Waals surface area contributed by atoms with Crippen molar-refractivity contribution < 1.29 is 9.47 Å². The number of unbranched alkanes of at least 4 members (excludes halogenated alkanes) is 1. The third kappa shape index (κ3) is 8.02. The first kappa shape index (κ1) is 17.9. The van der Waals surface area contributed by atoms with Gasteiger partial charge in [-0.1, -0.05) is 13.3 Å². The molecule has 1 N–H and O–H groups in total. The van der Waals surface area contributed by atoms with Gasteiger partial charge in [0.25, 0.3) is 0 Å². The topological polar surface area (TPSA) is 43.4 Å². The average Bonchev–Trinajstić information content (AvgIpc) is 2.40. The lowest BCUT2D eigenvalue weighted by atomic mass is 10.1. The molecule has 0 fully saturated rings. The predicted molar refractivity (Wildman–Crippen MR) is 86.8 cm³/mol. The second-order valence-corrected chi connectivity index (χ2v) is 6.35. The average molecular weight is 294 g/mol. The van der Waals surface area contributed by atoms with Crippen LogP contribution in [-0.2, 0) is 11.3 Å². The minimum absolute atomic E-state index is 0.0748. The minimum atomic E-state index is 0.0748. The van der Waals surface area contributed by atoms with E-state index in [-0.39, 0.29) is 5.54 Å². The molecule has 1 rings (SSSR count). The van der Waals surface area contributed by atoms with Crippen LogP contribution >= 0.6 is 0 Å². The fourth-order valence-corrected chi connectivity index (χ4v) is 1.75. The van der Waals surface area contributed by atoms with Crippen molar-refractivity contribution >= 4 is 0 Å². The van der Waals surface area contributed by atoms with Gasteiger partial charge in [0.1, 0.15) is 12.4 Å². The van der Waals surface area contributed by atoms with Gasteiger partial charge in [0.15, 0.2) is 0 Å². The zero-order valence-electron chi connectivity index (χ0n) is 14.2. The number of rotatable bonds is 9. The van der Waals surface area contributed by atoms with Crippen LogP contribution in [0.5, 0.6) is 5.75 Å². The van der Waals surface area contributed by atoms with E-state index in [9.17, 15) is 0 Å². The van der Waals surface area contributed by atoms with E-state index >= 15 is 0 Å². The van der Waals surface area contributed by atoms with Gasteiger partial charge in [-0.25, -0.2) is 0 Å². The molecule has 1 aromatic rings. The number of hydrogen-bond donors (Lipinski definition) is 1. The normalized spacial score (nSPS) is 11.7. The summed E-state index contributed by atoms with van der Waals surface area (Å²) >= 11 is 0. The molecule has 0 aliphatic carbocycles. The van der Waals surface area contributed by atoms with E-state index < -0.39 is 0 Å². The molecule has 1 heterocycles. The lowest BCUT2D eigenvalue weighted by Gasteiger charge is -2.21. The maximum atomic E-state index is 5.86. The molecule has 1 aromatic heterocycles. The second kappa shape index (κ2) is 9.00. The first-order valence-electron chi connectivity index (χ1n) is 7.83. The maximum absolute atomic E-state index is 5.86. The molecule has 0 spiro atoms. The summed E-state index contributed by atoms with van der Waals surface area (Å²) in [5.41, 5.74) is 2.13. The minimum Gasteiger partial charge on any atom is -0.491 e. The van der Waals surface area contributed by atoms with Crippen LogP contribution in [0, 0.1) is 6.92 Å². The van der Waals surface area contributed by atoms with Gasteiger partial charge < -0.3 is 14.8 Å². The number of ether oxygens (including phenoxy) is 2. The Labute approximate surface area is 129 Å². The van der Waals surface area contributed by atoms with Crippen LogP contribution in [0.15, 0.2) is 12.3 Å². The van der Waals surface area contributed by atoms with Crippen LogP contribution in [0.1, 0.15) is 51.8 Å². The summed E-state index contributed by atoms with van der Waals surface area (Å²) in [6.07, 6.45) is 4.16. The maximum Gasteiger partial charge on any atom is 0.127 e. The van der Waals surface area contributed by atoms with Gasteiger partial charge >= 0.3 is 0 Å². The van der Waals surface area contributed by atoms with Gasteiger partial charge in [-0.2, -0.15) is 0 Å². The van der Waals surface area contributed by atoms with Crippen LogP contribution in [-0.4, -0.2) is 30.3 Å². The van der Waals surface area contributed by atoms with E-state index in [0.29, 0.717) is 13.2 Å². The Balaban J connectivity index is 2.49. The summed E-state index contributed by atoms with van der Waals surface area (Å²) in [5, 5.41) is 3.47. The van der Waals surface area contributed by atoms with Gasteiger partial charge in [0.2, 0.25) is 0 Å². The lowest BCUT2D eigenvalue weighted by Crippen LogP contribution is -2.35. The molecule has 0 amide bonds. The van der Waals surface area contributed by atoms with Crippen molar-refractivity contribution in [1.29, 1.82) is 0 Å². The van der Waals surface area contributed by atoms with E-state index in [1.54, 1.807) is 0 Å². The molecular formula is C17H30N2O2. The summed E-state index contributed by atoms with van der Waals surface area (Å²) in [6.45, 7) is 13.4. The fraction of sp³-hybridized carbons (Fsp3) is 0.706. The Morgan fingerprint density at radius 2 is 1.95 bits per heavy atom. The molecule has 0 radical (unpaired) electrons. The number of aryl methyl sites for hydroxylation is 1. The largest absolute Gasteiger partial charge is 0.491 e. The molecule has 21 heavy (non-hydrogen) atoms. The standard InChI is InChI=1S/C17H30N2O2/c1-6-7-8-20-9-10-21-16-11-14(2)18-12-15(16)13-19-17(3,4)5/h11-12,19H,6-10,13H2,1-5H3. The quantitative estimate of drug-likeness (QED) is 0.708. The third-order valence-electron chi connectivity index (χ3n) is 3.02. The van der Waals surface area contributed by atoms with Crippen LogP contribution in [0.2, 0.25) is 0 Å². The molecular weight excluding hydrogens is 264 g/mol. The number of pyridine rings is 1. The number of nitrogens with one attached hydrogen (secondary N) is 1. The Hall–Kier alpha value is -1.13. The molecule has 0 saturated carbocycles. The van der Waals surface area contributed by atoms with Gasteiger partial charge in [-0.15, -0.1) is 0 Å². The van der Waals surface area contributed by atoms with Crippen molar-refractivity contribution in [3.8, 4) is 5.75 Å². The predicted octanol–water partition coefficient (Wildman–Crippen LogP) is 3.47. The van der Waals surface area contributed by atoms with Gasteiger partial charge in [-0.05, 0) is 34.1 Å². The molecule has 4 heteroatoms. The van der Waals surface area contributed by atoms with Crippen LogP contribution in [0.4, 0.5) is 0 Å². The molecule has 0 aromatic carbocycles. The highest BCUT2D eigenvalue weighted by molar-refractivity contribution is 5.32. The first-order valence-corrected chi connectivity index (χ1v) is 7.83. The van der Waals surface area contributed by atoms with Gasteiger partial charge in [-0.3, -0.25) is 4.98 Å². The highest BCUT2D eigenvalue weighted by atomic mass is 16.5. The SMILES string of the molecule is CCCCOCCOc1cc(C)ncc1CNC(C)(C)C. The van der Waals surface area contributed by atoms with Crippen molar-refractivity contribution in [2.24, 2.45) is 0 Å². The number of aromatic nitrogens is 1. The highest BCUT2D eigenvalue weighted by Gasteiger charge is 2.11. The first-order chi connectivity index (χ1) is 9.92. The van der Waals surface area contributed by atoms with E-state index in [1.165, 1.54) is 0 Å². The van der Waals surface area contributed by atoms with E-state index in [2.05, 4.69) is 38.0 Å². The van der Waals surface area contributed by atoms with E-state index in [4.69, 9.17) is 9.47 Å². The highest BCUT2D eigenvalue weighted by Crippen LogP contribution is 2.19. The molecule has 0 saturated heterocycles. The molecule has 0 aliphatic rings. The number of nitrogens with zero attached hydrogens (tertiary/aromatic N) is 1. The summed E-state index contributed by atoms with van der Waals surface area (Å²) in [6, 6.07) is 1.99. The van der Waals surface area contributed by atoms with E-state index in [1.807, 2.05) is 19.2 Å². The summed E-state index contributed by atoms with van der Waals surface area (Å²) < 4.78 is 11.4. The van der Waals surface area contributed by atoms with Crippen molar-refractivity contribution in [3.05, 3.63) is 23.5 Å². The second-order valence-electron chi connectivity index (χ2n) is 6.35. The Bertz CT molecular complexity index is 414. The smallest absolute Gasteiger partial charge is 0.127 e. The lowest BCUT2D eigenvalue weighted by molar-refractivity contribution is 0.0976. The molecule has 0 bridgehead atoms. The number of hydrogen-bond acceptors (Lipinski definition) is 4. The Morgan fingerprint density at radius 1 is 1.19 bits per heavy atom. The zero-order valence-corrected chi connectivity index (χ0v) is 14.2. The van der Waals surface area contributed by atoms with Crippen molar-refractivity contribution in [2.45, 2.75) is 59.5 Å². The van der Waals surface area contributed by atoms with Crippen LogP contribution in [0.3, 0.4) is 0 Å². The van der Waals surface area contributed by atoms with Gasteiger partial charge in [0.05, 0.1) is 6.61 Å². The summed E-state index contributed by atoms with van der Waals surface area (Å²) in [4.78, 5) is 4.36. The molecule has 120 valence electrons. The van der Waals surface area contributed by atoms with Crippen molar-refractivity contribution in [1.82, 2.24) is 10.3 Å². The molecule has 4 nitrogen and oxygen atoms in total.